The molecule has 0 atom stereocenters. The number of nitrogens with zero attached hydrogens (tertiary/aromatic N) is 3. The van der Waals surface area contributed by atoms with Crippen LogP contribution in [0.25, 0.3) is 5.65 Å². The van der Waals surface area contributed by atoms with Crippen molar-refractivity contribution in [1.29, 1.82) is 0 Å². The van der Waals surface area contributed by atoms with Gasteiger partial charge in [0.25, 0.3) is 5.91 Å². The van der Waals surface area contributed by atoms with Crippen LogP contribution < -0.4 is 5.32 Å². The fraction of sp³-hybridized carbons (Fsp3) is 0.0714. The molecule has 0 fully saturated rings. The molecule has 0 aliphatic rings. The van der Waals surface area contributed by atoms with E-state index in [0.717, 1.165) is 5.56 Å². The highest BCUT2D eigenvalue weighted by Crippen LogP contribution is 2.04. The summed E-state index contributed by atoms with van der Waals surface area (Å²) in [4.78, 5) is 20.2. The van der Waals surface area contributed by atoms with Crippen LogP contribution in [0.4, 0.5) is 0 Å². The van der Waals surface area contributed by atoms with E-state index in [-0.39, 0.29) is 5.91 Å². The number of nitrogens with one attached hydrogen (secondary N) is 1. The average molecular weight is 252 g/mol. The summed E-state index contributed by atoms with van der Waals surface area (Å²) >= 11 is 0. The first kappa shape index (κ1) is 11.4. The lowest BCUT2D eigenvalue weighted by atomic mass is 10.2. The number of rotatable bonds is 3. The maximum Gasteiger partial charge on any atom is 0.271 e. The molecule has 0 saturated heterocycles. The Morgan fingerprint density at radius 3 is 2.89 bits per heavy atom. The second-order valence-electron chi connectivity index (χ2n) is 4.14. The van der Waals surface area contributed by atoms with Gasteiger partial charge in [-0.2, -0.15) is 0 Å². The standard InChI is InChI=1S/C14H12N4O/c19-14(16-8-11-4-2-1-3-5-11)12-10-18-7-6-15-9-13(18)17-12/h1-7,9-10H,8H2,(H,16,19). The minimum Gasteiger partial charge on any atom is -0.347 e. The van der Waals surface area contributed by atoms with Gasteiger partial charge in [-0.15, -0.1) is 0 Å². The van der Waals surface area contributed by atoms with Gasteiger partial charge in [-0.05, 0) is 5.56 Å². The molecule has 0 spiro atoms. The van der Waals surface area contributed by atoms with Gasteiger partial charge >= 0.3 is 0 Å². The second-order valence-corrected chi connectivity index (χ2v) is 4.14. The van der Waals surface area contributed by atoms with Crippen LogP contribution in [0, 0.1) is 0 Å². The normalized spacial score (nSPS) is 10.5. The molecule has 2 aromatic heterocycles. The number of aromatic nitrogens is 3. The molecule has 3 aromatic rings. The van der Waals surface area contributed by atoms with E-state index < -0.39 is 0 Å². The van der Waals surface area contributed by atoms with Crippen LogP contribution in [-0.4, -0.2) is 20.3 Å². The molecular weight excluding hydrogens is 240 g/mol. The third-order valence-electron chi connectivity index (χ3n) is 2.79. The predicted octanol–water partition coefficient (Wildman–Crippen LogP) is 1.66. The monoisotopic (exact) mass is 252 g/mol. The largest absolute Gasteiger partial charge is 0.347 e. The van der Waals surface area contributed by atoms with Gasteiger partial charge < -0.3 is 9.72 Å². The molecule has 5 heteroatoms. The van der Waals surface area contributed by atoms with Gasteiger partial charge in [0.2, 0.25) is 0 Å². The van der Waals surface area contributed by atoms with Crippen molar-refractivity contribution in [2.24, 2.45) is 0 Å². The molecule has 0 saturated carbocycles. The number of carbonyl (C=O) groups is 1. The van der Waals surface area contributed by atoms with Gasteiger partial charge in [-0.3, -0.25) is 9.78 Å². The molecule has 19 heavy (non-hydrogen) atoms. The highest BCUT2D eigenvalue weighted by molar-refractivity contribution is 5.92. The molecule has 0 aliphatic heterocycles. The number of carbonyl (C=O) groups excluding carboxylic acids is 1. The van der Waals surface area contributed by atoms with Crippen LogP contribution in [0.2, 0.25) is 0 Å². The maximum atomic E-state index is 12.0. The molecule has 1 aromatic carbocycles. The average Bonchev–Trinajstić information content (AvgIpc) is 2.90. The van der Waals surface area contributed by atoms with Gasteiger partial charge in [0.1, 0.15) is 5.69 Å². The first-order valence-electron chi connectivity index (χ1n) is 5.94. The molecule has 94 valence electrons. The fourth-order valence-corrected chi connectivity index (χ4v) is 1.82. The minimum atomic E-state index is -0.187. The Morgan fingerprint density at radius 2 is 2.11 bits per heavy atom. The van der Waals surface area contributed by atoms with E-state index in [1.807, 2.05) is 30.3 Å². The number of hydrogen-bond acceptors (Lipinski definition) is 3. The van der Waals surface area contributed by atoms with Gasteiger partial charge in [-0.1, -0.05) is 30.3 Å². The van der Waals surface area contributed by atoms with Crippen LogP contribution in [0.5, 0.6) is 0 Å². The molecule has 0 unspecified atom stereocenters. The fourth-order valence-electron chi connectivity index (χ4n) is 1.82. The molecule has 0 aliphatic carbocycles. The lowest BCUT2D eigenvalue weighted by Crippen LogP contribution is -2.23. The van der Waals surface area contributed by atoms with Crippen molar-refractivity contribution in [3.05, 3.63) is 66.4 Å². The Morgan fingerprint density at radius 1 is 1.26 bits per heavy atom. The summed E-state index contributed by atoms with van der Waals surface area (Å²) in [6.07, 6.45) is 6.72. The zero-order chi connectivity index (χ0) is 13.1. The molecule has 1 N–H and O–H groups in total. The summed E-state index contributed by atoms with van der Waals surface area (Å²) in [5.41, 5.74) is 2.11. The summed E-state index contributed by atoms with van der Waals surface area (Å²) in [5, 5.41) is 2.84. The molecule has 2 heterocycles. The molecule has 5 nitrogen and oxygen atoms in total. The van der Waals surface area contributed by atoms with E-state index in [1.165, 1.54) is 0 Å². The van der Waals surface area contributed by atoms with Crippen molar-refractivity contribution in [2.75, 3.05) is 0 Å². The van der Waals surface area contributed by atoms with Crippen LogP contribution in [0.15, 0.2) is 55.1 Å². The SMILES string of the molecule is O=C(NCc1ccccc1)c1cn2ccncc2n1. The van der Waals surface area contributed by atoms with Crippen molar-refractivity contribution in [2.45, 2.75) is 6.54 Å². The third kappa shape index (κ3) is 2.44. The number of hydrogen-bond donors (Lipinski definition) is 1. The van der Waals surface area contributed by atoms with E-state index in [4.69, 9.17) is 0 Å². The Kier molecular flexibility index (Phi) is 2.94. The third-order valence-corrected chi connectivity index (χ3v) is 2.79. The van der Waals surface area contributed by atoms with Crippen LogP contribution in [0.1, 0.15) is 16.1 Å². The zero-order valence-electron chi connectivity index (χ0n) is 10.2. The molecule has 0 bridgehead atoms. The van der Waals surface area contributed by atoms with E-state index in [9.17, 15) is 4.79 Å². The zero-order valence-corrected chi connectivity index (χ0v) is 10.2. The number of fused-ring (bicyclic) bond motifs is 1. The van der Waals surface area contributed by atoms with Gasteiger partial charge in [-0.25, -0.2) is 4.98 Å². The van der Waals surface area contributed by atoms with Crippen molar-refractivity contribution < 1.29 is 4.79 Å². The molecule has 3 rings (SSSR count). The highest BCUT2D eigenvalue weighted by Gasteiger charge is 2.09. The Balaban J connectivity index is 1.73. The first-order chi connectivity index (χ1) is 9.33. The van der Waals surface area contributed by atoms with E-state index in [2.05, 4.69) is 15.3 Å². The topological polar surface area (TPSA) is 59.3 Å². The quantitative estimate of drug-likeness (QED) is 0.771. The van der Waals surface area contributed by atoms with Crippen molar-refractivity contribution >= 4 is 11.6 Å². The lowest BCUT2D eigenvalue weighted by molar-refractivity contribution is 0.0946. The van der Waals surface area contributed by atoms with Crippen LogP contribution in [0.3, 0.4) is 0 Å². The number of imidazole rings is 1. The van der Waals surface area contributed by atoms with Crippen molar-refractivity contribution in [3.8, 4) is 0 Å². The number of benzene rings is 1. The Bertz CT molecular complexity index is 673. The summed E-state index contributed by atoms with van der Waals surface area (Å²) in [6.45, 7) is 0.492. The molecule has 1 amide bonds. The lowest BCUT2D eigenvalue weighted by Gasteiger charge is -2.02. The highest BCUT2D eigenvalue weighted by atomic mass is 16.1. The second kappa shape index (κ2) is 4.89. The first-order valence-corrected chi connectivity index (χ1v) is 5.94. The maximum absolute atomic E-state index is 12.0. The van der Waals surface area contributed by atoms with Gasteiger partial charge in [0.15, 0.2) is 5.65 Å². The number of amides is 1. The smallest absolute Gasteiger partial charge is 0.271 e. The van der Waals surface area contributed by atoms with Gasteiger partial charge in [0.05, 0.1) is 6.20 Å². The van der Waals surface area contributed by atoms with E-state index in [0.29, 0.717) is 17.9 Å². The Labute approximate surface area is 109 Å². The summed E-state index contributed by atoms with van der Waals surface area (Å²) in [6, 6.07) is 9.76. The summed E-state index contributed by atoms with van der Waals surface area (Å²) < 4.78 is 1.77. The molecule has 0 radical (unpaired) electrons. The van der Waals surface area contributed by atoms with E-state index in [1.54, 1.807) is 29.2 Å². The van der Waals surface area contributed by atoms with Crippen molar-refractivity contribution in [3.63, 3.8) is 0 Å². The van der Waals surface area contributed by atoms with E-state index >= 15 is 0 Å². The predicted molar refractivity (Wildman–Crippen MR) is 70.6 cm³/mol. The minimum absolute atomic E-state index is 0.187. The van der Waals surface area contributed by atoms with Crippen molar-refractivity contribution in [1.82, 2.24) is 19.7 Å². The Hall–Kier alpha value is -2.69. The molecular formula is C14H12N4O. The summed E-state index contributed by atoms with van der Waals surface area (Å²) in [5.74, 6) is -0.187. The van der Waals surface area contributed by atoms with Crippen LogP contribution >= 0.6 is 0 Å². The van der Waals surface area contributed by atoms with Gasteiger partial charge in [0, 0.05) is 25.1 Å². The summed E-state index contributed by atoms with van der Waals surface area (Å²) in [7, 11) is 0. The van der Waals surface area contributed by atoms with Crippen LogP contribution in [-0.2, 0) is 6.54 Å².